The van der Waals surface area contributed by atoms with Gasteiger partial charge in [-0.25, -0.2) is 8.78 Å². The second kappa shape index (κ2) is 4.68. The largest absolute Gasteiger partial charge is 0.338 e. The topological polar surface area (TPSA) is 42.2 Å². The van der Waals surface area contributed by atoms with E-state index in [0.717, 1.165) is 0 Å². The Morgan fingerprint density at radius 2 is 2.00 bits per heavy atom. The summed E-state index contributed by atoms with van der Waals surface area (Å²) in [6, 6.07) is 0. The second-order valence-corrected chi connectivity index (χ2v) is 4.83. The van der Waals surface area contributed by atoms with Crippen LogP contribution in [0.2, 0.25) is 0 Å². The summed E-state index contributed by atoms with van der Waals surface area (Å²) in [5.41, 5.74) is 0. The third-order valence-electron chi connectivity index (χ3n) is 2.95. The van der Waals surface area contributed by atoms with Gasteiger partial charge < -0.3 is 4.52 Å². The normalized spacial score (nSPS) is 21.0. The molecule has 96 valence electrons. The summed E-state index contributed by atoms with van der Waals surface area (Å²) in [7, 11) is 0. The standard InChI is InChI=1S/C11H17F2N3O/c1-8(2)10-14-9(17-15-10)7-16-5-3-11(12,13)4-6-16/h8H,3-7H2,1-2H3. The molecule has 0 N–H and O–H groups in total. The molecule has 2 rings (SSSR count). The van der Waals surface area contributed by atoms with Crippen molar-refractivity contribution in [1.82, 2.24) is 15.0 Å². The Hall–Kier alpha value is -1.04. The highest BCUT2D eigenvalue weighted by Crippen LogP contribution is 2.28. The van der Waals surface area contributed by atoms with E-state index in [9.17, 15) is 8.78 Å². The van der Waals surface area contributed by atoms with Gasteiger partial charge in [-0.1, -0.05) is 19.0 Å². The summed E-state index contributed by atoms with van der Waals surface area (Å²) in [5, 5.41) is 3.85. The van der Waals surface area contributed by atoms with Gasteiger partial charge in [0, 0.05) is 31.8 Å². The Morgan fingerprint density at radius 1 is 1.35 bits per heavy atom. The van der Waals surface area contributed by atoms with Crippen molar-refractivity contribution in [2.45, 2.75) is 45.1 Å². The van der Waals surface area contributed by atoms with Crippen LogP contribution in [0.5, 0.6) is 0 Å². The quantitative estimate of drug-likeness (QED) is 0.820. The SMILES string of the molecule is CC(C)c1noc(CN2CCC(F)(F)CC2)n1. The lowest BCUT2D eigenvalue weighted by Gasteiger charge is -2.30. The molecule has 0 saturated carbocycles. The zero-order valence-corrected chi connectivity index (χ0v) is 10.1. The molecule has 1 aliphatic rings. The first kappa shape index (κ1) is 12.4. The highest BCUT2D eigenvalue weighted by molar-refractivity contribution is 4.92. The monoisotopic (exact) mass is 245 g/mol. The van der Waals surface area contributed by atoms with E-state index in [1.54, 1.807) is 0 Å². The van der Waals surface area contributed by atoms with Crippen molar-refractivity contribution in [2.24, 2.45) is 0 Å². The highest BCUT2D eigenvalue weighted by Gasteiger charge is 2.34. The Bertz CT molecular complexity index is 369. The lowest BCUT2D eigenvalue weighted by molar-refractivity contribution is -0.0580. The molecule has 17 heavy (non-hydrogen) atoms. The molecule has 1 aromatic heterocycles. The van der Waals surface area contributed by atoms with Crippen LogP contribution >= 0.6 is 0 Å². The number of halogens is 2. The Morgan fingerprint density at radius 3 is 2.53 bits per heavy atom. The van der Waals surface area contributed by atoms with E-state index in [0.29, 0.717) is 31.3 Å². The molecule has 4 nitrogen and oxygen atoms in total. The first-order valence-corrected chi connectivity index (χ1v) is 5.89. The van der Waals surface area contributed by atoms with Crippen molar-refractivity contribution in [3.05, 3.63) is 11.7 Å². The van der Waals surface area contributed by atoms with E-state index in [4.69, 9.17) is 4.52 Å². The summed E-state index contributed by atoms with van der Waals surface area (Å²) >= 11 is 0. The van der Waals surface area contributed by atoms with E-state index in [1.807, 2.05) is 18.7 Å². The zero-order valence-electron chi connectivity index (χ0n) is 10.1. The van der Waals surface area contributed by atoms with Gasteiger partial charge in [-0.05, 0) is 0 Å². The van der Waals surface area contributed by atoms with Crippen LogP contribution in [0.25, 0.3) is 0 Å². The maximum Gasteiger partial charge on any atom is 0.250 e. The molecule has 1 aliphatic heterocycles. The molecule has 0 radical (unpaired) electrons. The minimum absolute atomic E-state index is 0.0851. The van der Waals surface area contributed by atoms with E-state index >= 15 is 0 Å². The average molecular weight is 245 g/mol. The van der Waals surface area contributed by atoms with E-state index in [1.165, 1.54) is 0 Å². The molecule has 0 aliphatic carbocycles. The zero-order chi connectivity index (χ0) is 12.5. The van der Waals surface area contributed by atoms with Crippen molar-refractivity contribution < 1.29 is 13.3 Å². The maximum atomic E-state index is 12.9. The predicted molar refractivity (Wildman–Crippen MR) is 57.8 cm³/mol. The highest BCUT2D eigenvalue weighted by atomic mass is 19.3. The fourth-order valence-corrected chi connectivity index (χ4v) is 1.80. The molecular formula is C11H17F2N3O. The second-order valence-electron chi connectivity index (χ2n) is 4.83. The maximum absolute atomic E-state index is 12.9. The molecule has 0 unspecified atom stereocenters. The number of alkyl halides is 2. The molecule has 1 aromatic rings. The van der Waals surface area contributed by atoms with Gasteiger partial charge in [-0.15, -0.1) is 0 Å². The van der Waals surface area contributed by atoms with Crippen molar-refractivity contribution in [3.8, 4) is 0 Å². The van der Waals surface area contributed by atoms with Crippen LogP contribution in [0.3, 0.4) is 0 Å². The molecule has 0 aromatic carbocycles. The van der Waals surface area contributed by atoms with Crippen LogP contribution in [0.4, 0.5) is 8.78 Å². The molecule has 0 bridgehead atoms. The fourth-order valence-electron chi connectivity index (χ4n) is 1.80. The van der Waals surface area contributed by atoms with E-state index in [2.05, 4.69) is 10.1 Å². The van der Waals surface area contributed by atoms with Crippen LogP contribution < -0.4 is 0 Å². The molecule has 0 atom stereocenters. The molecular weight excluding hydrogens is 228 g/mol. The van der Waals surface area contributed by atoms with Crippen molar-refractivity contribution in [1.29, 1.82) is 0 Å². The first-order valence-electron chi connectivity index (χ1n) is 5.89. The smallest absolute Gasteiger partial charge is 0.250 e. The van der Waals surface area contributed by atoms with E-state index < -0.39 is 5.92 Å². The summed E-state index contributed by atoms with van der Waals surface area (Å²) in [6.07, 6.45) is -0.170. The van der Waals surface area contributed by atoms with Crippen LogP contribution in [-0.2, 0) is 6.54 Å². The fraction of sp³-hybridized carbons (Fsp3) is 0.818. The van der Waals surface area contributed by atoms with Crippen molar-refractivity contribution in [3.63, 3.8) is 0 Å². The number of aromatic nitrogens is 2. The lowest BCUT2D eigenvalue weighted by Crippen LogP contribution is -2.38. The summed E-state index contributed by atoms with van der Waals surface area (Å²) in [6.45, 7) is 5.20. The van der Waals surface area contributed by atoms with Crippen molar-refractivity contribution >= 4 is 0 Å². The first-order chi connectivity index (χ1) is 7.96. The number of nitrogens with zero attached hydrogens (tertiary/aromatic N) is 3. The molecule has 1 fully saturated rings. The van der Waals surface area contributed by atoms with Crippen molar-refractivity contribution in [2.75, 3.05) is 13.1 Å². The van der Waals surface area contributed by atoms with Gasteiger partial charge in [0.25, 0.3) is 5.92 Å². The van der Waals surface area contributed by atoms with E-state index in [-0.39, 0.29) is 18.8 Å². The summed E-state index contributed by atoms with van der Waals surface area (Å²) in [4.78, 5) is 6.16. The molecule has 0 amide bonds. The van der Waals surface area contributed by atoms with Crippen LogP contribution in [0.1, 0.15) is 44.3 Å². The number of hydrogen-bond acceptors (Lipinski definition) is 4. The third kappa shape index (κ3) is 3.21. The molecule has 0 spiro atoms. The average Bonchev–Trinajstić information content (AvgIpc) is 2.70. The number of rotatable bonds is 3. The Kier molecular flexibility index (Phi) is 3.42. The van der Waals surface area contributed by atoms with Gasteiger partial charge in [-0.2, -0.15) is 4.98 Å². The minimum Gasteiger partial charge on any atom is -0.338 e. The van der Waals surface area contributed by atoms with Gasteiger partial charge in [0.05, 0.1) is 6.54 Å². The predicted octanol–water partition coefficient (Wildman–Crippen LogP) is 2.42. The minimum atomic E-state index is -2.51. The van der Waals surface area contributed by atoms with Crippen LogP contribution in [0, 0.1) is 0 Å². The molecule has 1 saturated heterocycles. The van der Waals surface area contributed by atoms with Gasteiger partial charge in [-0.3, -0.25) is 4.90 Å². The van der Waals surface area contributed by atoms with Gasteiger partial charge in [0.1, 0.15) is 0 Å². The number of piperidine rings is 1. The van der Waals surface area contributed by atoms with Gasteiger partial charge in [0.15, 0.2) is 5.82 Å². The Balaban J connectivity index is 1.89. The summed E-state index contributed by atoms with van der Waals surface area (Å²) in [5.74, 6) is -1.10. The van der Waals surface area contributed by atoms with Crippen LogP contribution in [-0.4, -0.2) is 34.1 Å². The van der Waals surface area contributed by atoms with Gasteiger partial charge in [0.2, 0.25) is 5.89 Å². The molecule has 2 heterocycles. The van der Waals surface area contributed by atoms with Gasteiger partial charge >= 0.3 is 0 Å². The lowest BCUT2D eigenvalue weighted by atomic mass is 10.1. The Labute approximate surface area is 99.0 Å². The summed E-state index contributed by atoms with van der Waals surface area (Å²) < 4.78 is 31.0. The molecule has 6 heteroatoms. The third-order valence-corrected chi connectivity index (χ3v) is 2.95. The number of likely N-dealkylation sites (tertiary alicyclic amines) is 1. The number of hydrogen-bond donors (Lipinski definition) is 0. The van der Waals surface area contributed by atoms with Crippen LogP contribution in [0.15, 0.2) is 4.52 Å².